The van der Waals surface area contributed by atoms with Crippen molar-refractivity contribution in [3.63, 3.8) is 0 Å². The zero-order chi connectivity index (χ0) is 56.0. The quantitative estimate of drug-likeness (QED) is 0.0760. The van der Waals surface area contributed by atoms with Crippen LogP contribution in [0, 0.1) is 17.8 Å². The molecule has 13 heteroatoms. The maximum absolute atomic E-state index is 14.5. The fraction of sp³-hybridized carbons (Fsp3) is 0.476. The fourth-order valence-electron chi connectivity index (χ4n) is 9.18. The Kier molecular flexibility index (Phi) is 18.2. The van der Waals surface area contributed by atoms with Crippen LogP contribution >= 0.6 is 0 Å². The zero-order valence-corrected chi connectivity index (χ0v) is 45.5. The Labute approximate surface area is 446 Å². The van der Waals surface area contributed by atoms with Gasteiger partial charge in [0.25, 0.3) is 0 Å². The van der Waals surface area contributed by atoms with Gasteiger partial charge < -0.3 is 25.7 Å². The molecule has 5 aromatic carbocycles. The highest BCUT2D eigenvalue weighted by molar-refractivity contribution is 5.72. The summed E-state index contributed by atoms with van der Waals surface area (Å²) < 4.78 is 86.1. The van der Waals surface area contributed by atoms with E-state index in [1.54, 1.807) is 60.7 Å². The summed E-state index contributed by atoms with van der Waals surface area (Å²) in [5.41, 5.74) is 6.39. The van der Waals surface area contributed by atoms with Gasteiger partial charge in [0.2, 0.25) is 0 Å². The van der Waals surface area contributed by atoms with Crippen LogP contribution < -0.4 is 11.5 Å². The predicted octanol–water partition coefficient (Wildman–Crippen LogP) is 14.0. The van der Waals surface area contributed by atoms with E-state index in [0.717, 1.165) is 0 Å². The molecule has 0 aliphatic heterocycles. The molecule has 0 heterocycles. The maximum Gasteiger partial charge on any atom is 0.306 e. The molecule has 5 saturated carbocycles. The molecule has 0 radical (unpaired) electrons. The third-order valence-corrected chi connectivity index (χ3v) is 13.7. The van der Waals surface area contributed by atoms with Crippen LogP contribution in [-0.4, -0.2) is 46.8 Å². The van der Waals surface area contributed by atoms with Gasteiger partial charge in [0, 0.05) is 42.7 Å². The summed E-state index contributed by atoms with van der Waals surface area (Å²) in [5, 5.41) is 0. The molecule has 0 aromatic heterocycles. The number of halogens is 5. The lowest BCUT2D eigenvalue weighted by Crippen LogP contribution is -2.24. The summed E-state index contributed by atoms with van der Waals surface area (Å²) >= 11 is 0. The van der Waals surface area contributed by atoms with E-state index in [2.05, 4.69) is 0 Å². The smallest absolute Gasteiger partial charge is 0.306 e. The molecule has 0 bridgehead atoms. The van der Waals surface area contributed by atoms with Crippen LogP contribution in [0.5, 0.6) is 0 Å². The fourth-order valence-corrected chi connectivity index (χ4v) is 9.18. The number of hydrogen-bond donors (Lipinski definition) is 2. The Morgan fingerprint density at radius 2 is 0.539 bits per heavy atom. The highest BCUT2D eigenvalue weighted by atomic mass is 19.2. The number of hydrogen-bond acceptors (Lipinski definition) is 8. The molecule has 5 fully saturated rings. The minimum atomic E-state index is -1.34. The second-order valence-corrected chi connectivity index (χ2v) is 23.8. The summed E-state index contributed by atoms with van der Waals surface area (Å²) in [6.45, 7) is 16.4. The van der Waals surface area contributed by atoms with Crippen molar-refractivity contribution >= 4 is 17.9 Å². The van der Waals surface area contributed by atoms with Crippen molar-refractivity contribution in [3.05, 3.63) is 179 Å². The summed E-state index contributed by atoms with van der Waals surface area (Å²) in [6, 6.07) is 44.8. The van der Waals surface area contributed by atoms with Gasteiger partial charge in [-0.05, 0) is 109 Å². The molecule has 0 amide bonds. The topological polar surface area (TPSA) is 131 Å². The predicted molar refractivity (Wildman–Crippen MR) is 287 cm³/mol. The zero-order valence-electron chi connectivity index (χ0n) is 45.5. The van der Waals surface area contributed by atoms with E-state index >= 15 is 0 Å². The molecular formula is C63H77F5N2O6. The minimum absolute atomic E-state index is 0.155. The average Bonchev–Trinajstić information content (AvgIpc) is 4.28. The van der Waals surface area contributed by atoms with E-state index in [1.165, 1.54) is 0 Å². The third kappa shape index (κ3) is 16.5. The van der Waals surface area contributed by atoms with Crippen molar-refractivity contribution < 1.29 is 50.5 Å². The van der Waals surface area contributed by atoms with Crippen LogP contribution in [0.15, 0.2) is 152 Å². The van der Waals surface area contributed by atoms with E-state index < -0.39 is 45.1 Å². The number of alkyl halides is 5. The molecule has 5 aromatic rings. The number of nitrogens with two attached hydrogens (primary N) is 2. The van der Waals surface area contributed by atoms with E-state index in [-0.39, 0.29) is 67.0 Å². The van der Waals surface area contributed by atoms with Gasteiger partial charge >= 0.3 is 17.9 Å². The first kappa shape index (κ1) is 59.3. The minimum Gasteiger partial charge on any atom is -0.460 e. The summed E-state index contributed by atoms with van der Waals surface area (Å²) in [4.78, 5) is 34.9. The van der Waals surface area contributed by atoms with Crippen molar-refractivity contribution in [2.45, 2.75) is 171 Å². The Morgan fingerprint density at radius 3 is 0.697 bits per heavy atom. The van der Waals surface area contributed by atoms with Crippen LogP contribution in [0.2, 0.25) is 0 Å². The van der Waals surface area contributed by atoms with Crippen molar-refractivity contribution in [2.75, 3.05) is 0 Å². The van der Waals surface area contributed by atoms with Gasteiger partial charge in [-0.25, -0.2) is 22.0 Å². The lowest BCUT2D eigenvalue weighted by Gasteiger charge is -2.19. The molecule has 10 atom stereocenters. The van der Waals surface area contributed by atoms with E-state index in [1.807, 2.05) is 153 Å². The van der Waals surface area contributed by atoms with Crippen molar-refractivity contribution in [2.24, 2.45) is 29.2 Å². The second kappa shape index (κ2) is 23.4. The molecule has 10 rings (SSSR count). The molecule has 2 unspecified atom stereocenters. The van der Waals surface area contributed by atoms with Gasteiger partial charge in [-0.3, -0.25) is 14.4 Å². The van der Waals surface area contributed by atoms with E-state index in [0.29, 0.717) is 59.9 Å². The van der Waals surface area contributed by atoms with Crippen LogP contribution in [0.4, 0.5) is 22.0 Å². The first-order valence-corrected chi connectivity index (χ1v) is 26.3. The number of benzene rings is 5. The highest BCUT2D eigenvalue weighted by Gasteiger charge is 2.59. The molecule has 0 saturated heterocycles. The Morgan fingerprint density at radius 1 is 0.368 bits per heavy atom. The standard InChI is InChI=1S/3C15H19FO2.2C9H10FN/c3*1-14(2,3)18-13(17)9-12-10-15(12,16)11-7-5-4-6-8-11;2*10-9(6-8(9)11)7-4-2-1-3-5-7/h3*4-8,12H,9-10H2,1-3H3;2*1-5,8H,6,11H2/t2*12-,15-;;2*8-,9-/m10.10/s1. The van der Waals surface area contributed by atoms with Crippen LogP contribution in [0.1, 0.15) is 141 Å². The van der Waals surface area contributed by atoms with Crippen molar-refractivity contribution in [1.29, 1.82) is 0 Å². The Hall–Kier alpha value is -5.92. The third-order valence-electron chi connectivity index (χ3n) is 13.7. The lowest BCUT2D eigenvalue weighted by molar-refractivity contribution is -0.156. The van der Waals surface area contributed by atoms with E-state index in [9.17, 15) is 36.3 Å². The van der Waals surface area contributed by atoms with Crippen LogP contribution in [0.25, 0.3) is 0 Å². The summed E-state index contributed by atoms with van der Waals surface area (Å²) in [5.74, 6) is -1.67. The van der Waals surface area contributed by atoms with Gasteiger partial charge in [0.1, 0.15) is 33.8 Å². The Bertz CT molecular complexity index is 2420. The molecule has 410 valence electrons. The molecule has 76 heavy (non-hydrogen) atoms. The van der Waals surface area contributed by atoms with Crippen molar-refractivity contribution in [1.82, 2.24) is 0 Å². The first-order valence-electron chi connectivity index (χ1n) is 26.3. The summed E-state index contributed by atoms with van der Waals surface area (Å²) in [7, 11) is 0. The normalized spacial score (nSPS) is 29.2. The number of carbonyl (C=O) groups excluding carboxylic acids is 3. The average molecular weight is 1050 g/mol. The number of esters is 3. The van der Waals surface area contributed by atoms with Crippen LogP contribution in [-0.2, 0) is 56.9 Å². The van der Waals surface area contributed by atoms with Crippen LogP contribution in [0.3, 0.4) is 0 Å². The number of rotatable bonds is 11. The van der Waals surface area contributed by atoms with Gasteiger partial charge in [-0.1, -0.05) is 152 Å². The molecule has 0 spiro atoms. The van der Waals surface area contributed by atoms with Gasteiger partial charge in [-0.15, -0.1) is 0 Å². The lowest BCUT2D eigenvalue weighted by atomic mass is 10.1. The molecule has 5 aliphatic rings. The number of ether oxygens (including phenoxy) is 3. The summed E-state index contributed by atoms with van der Waals surface area (Å²) in [6.07, 6.45) is 2.64. The highest BCUT2D eigenvalue weighted by Crippen LogP contribution is 2.59. The largest absolute Gasteiger partial charge is 0.460 e. The molecule has 5 aliphatic carbocycles. The van der Waals surface area contributed by atoms with E-state index in [4.69, 9.17) is 25.7 Å². The first-order chi connectivity index (χ1) is 35.4. The molecular weight excluding hydrogens is 976 g/mol. The monoisotopic (exact) mass is 1050 g/mol. The van der Waals surface area contributed by atoms with Crippen molar-refractivity contribution in [3.8, 4) is 0 Å². The van der Waals surface area contributed by atoms with Gasteiger partial charge in [0.05, 0.1) is 19.3 Å². The second-order valence-electron chi connectivity index (χ2n) is 23.8. The number of carbonyl (C=O) groups is 3. The van der Waals surface area contributed by atoms with Gasteiger partial charge in [0.15, 0.2) is 11.3 Å². The molecule has 4 N–H and O–H groups in total. The molecule has 8 nitrogen and oxygen atoms in total. The Balaban J connectivity index is 0.000000156. The maximum atomic E-state index is 14.5. The van der Waals surface area contributed by atoms with Gasteiger partial charge in [-0.2, -0.15) is 0 Å². The SMILES string of the molecule is CC(C)(C)OC(=O)CC1CC1(F)c1ccccc1.CC(C)(C)OC(=O)C[C@@H]1C[C@@]1(F)c1ccccc1.CC(C)(C)OC(=O)C[C@H]1C[C@]1(F)c1ccccc1.N[C@@H]1C[C@@]1(F)c1ccccc1.N[C@H]1C[C@]1(F)c1ccccc1.